The summed E-state index contributed by atoms with van der Waals surface area (Å²) in [6.07, 6.45) is 0. The second kappa shape index (κ2) is 6.61. The topological polar surface area (TPSA) is 61.7 Å². The van der Waals surface area contributed by atoms with E-state index in [1.165, 1.54) is 0 Å². The van der Waals surface area contributed by atoms with Gasteiger partial charge in [-0.1, -0.05) is 26.0 Å². The molecular weight excluding hydrogens is 230 g/mol. The molecule has 0 saturated carbocycles. The molecule has 0 bridgehead atoms. The highest BCUT2D eigenvalue weighted by atomic mass is 16.5. The van der Waals surface area contributed by atoms with Gasteiger partial charge in [0.1, 0.15) is 0 Å². The number of rotatable bonds is 7. The van der Waals surface area contributed by atoms with Gasteiger partial charge in [0, 0.05) is 30.7 Å². The molecule has 4 heteroatoms. The molecular formula is C14H23NO3. The molecule has 1 rings (SSSR count). The van der Waals surface area contributed by atoms with E-state index in [-0.39, 0.29) is 17.8 Å². The summed E-state index contributed by atoms with van der Waals surface area (Å²) in [5.74, 6) is 0.701. The Balaban J connectivity index is 2.60. The third-order valence-electron chi connectivity index (χ3n) is 2.73. The van der Waals surface area contributed by atoms with Crippen molar-refractivity contribution in [2.45, 2.75) is 27.3 Å². The third-order valence-corrected chi connectivity index (χ3v) is 2.73. The van der Waals surface area contributed by atoms with Crippen molar-refractivity contribution >= 4 is 0 Å². The van der Waals surface area contributed by atoms with Gasteiger partial charge in [-0.2, -0.15) is 0 Å². The van der Waals surface area contributed by atoms with Gasteiger partial charge in [-0.25, -0.2) is 0 Å². The van der Waals surface area contributed by atoms with Gasteiger partial charge >= 0.3 is 0 Å². The molecule has 0 spiro atoms. The lowest BCUT2D eigenvalue weighted by Gasteiger charge is -2.22. The number of hydrogen-bond donors (Lipinski definition) is 3. The first-order valence-electron chi connectivity index (χ1n) is 6.25. The van der Waals surface area contributed by atoms with E-state index in [1.54, 1.807) is 6.07 Å². The third kappa shape index (κ3) is 4.20. The lowest BCUT2D eigenvalue weighted by atomic mass is 9.95. The molecule has 4 nitrogen and oxygen atoms in total. The van der Waals surface area contributed by atoms with Crippen LogP contribution in [-0.2, 0) is 6.54 Å². The van der Waals surface area contributed by atoms with E-state index >= 15 is 0 Å². The molecule has 1 aromatic rings. The smallest absolute Gasteiger partial charge is 0.162 e. The minimum absolute atomic E-state index is 0.130. The Morgan fingerprint density at radius 1 is 1.33 bits per heavy atom. The Morgan fingerprint density at radius 3 is 2.67 bits per heavy atom. The minimum Gasteiger partial charge on any atom is -0.504 e. The Morgan fingerprint density at radius 2 is 2.06 bits per heavy atom. The lowest BCUT2D eigenvalue weighted by molar-refractivity contribution is 0.156. The highest BCUT2D eigenvalue weighted by molar-refractivity contribution is 5.45. The molecule has 0 radical (unpaired) electrons. The van der Waals surface area contributed by atoms with Gasteiger partial charge in [-0.3, -0.25) is 0 Å². The first-order valence-corrected chi connectivity index (χ1v) is 6.25. The number of nitrogens with one attached hydrogen (secondary N) is 1. The molecule has 102 valence electrons. The molecule has 0 fully saturated rings. The van der Waals surface area contributed by atoms with Crippen LogP contribution in [0, 0.1) is 5.41 Å². The maximum atomic E-state index is 9.99. The van der Waals surface area contributed by atoms with Crippen molar-refractivity contribution in [2.75, 3.05) is 19.8 Å². The first kappa shape index (κ1) is 14.8. The fraction of sp³-hybridized carbons (Fsp3) is 0.571. The van der Waals surface area contributed by atoms with E-state index in [0.717, 1.165) is 5.56 Å². The zero-order valence-electron chi connectivity index (χ0n) is 11.4. The number of aliphatic hydroxyl groups is 1. The summed E-state index contributed by atoms with van der Waals surface area (Å²) in [5.41, 5.74) is 0.641. The number of ether oxygens (including phenoxy) is 1. The molecule has 18 heavy (non-hydrogen) atoms. The summed E-state index contributed by atoms with van der Waals surface area (Å²) in [4.78, 5) is 0. The Labute approximate surface area is 109 Å². The van der Waals surface area contributed by atoms with Crippen molar-refractivity contribution < 1.29 is 14.9 Å². The number of phenols is 1. The SMILES string of the molecule is CCOc1cccc(CNCC(C)(C)CO)c1O. The summed E-state index contributed by atoms with van der Waals surface area (Å²) in [6.45, 7) is 7.74. The molecule has 0 aliphatic heterocycles. The van der Waals surface area contributed by atoms with E-state index in [4.69, 9.17) is 9.84 Å². The number of aliphatic hydroxyl groups excluding tert-OH is 1. The standard InChI is InChI=1S/C14H23NO3/c1-4-18-12-7-5-6-11(13(12)17)8-15-9-14(2,3)10-16/h5-7,15-17H,4,8-10H2,1-3H3. The van der Waals surface area contributed by atoms with Crippen LogP contribution in [0.25, 0.3) is 0 Å². The fourth-order valence-electron chi connectivity index (χ4n) is 1.57. The number of benzene rings is 1. The minimum atomic E-state index is -0.160. The van der Waals surface area contributed by atoms with Crippen molar-refractivity contribution in [3.63, 3.8) is 0 Å². The molecule has 0 aromatic heterocycles. The van der Waals surface area contributed by atoms with Gasteiger partial charge in [0.15, 0.2) is 11.5 Å². The highest BCUT2D eigenvalue weighted by Gasteiger charge is 2.16. The van der Waals surface area contributed by atoms with Crippen LogP contribution in [0.2, 0.25) is 0 Å². The van der Waals surface area contributed by atoms with Crippen LogP contribution in [0.1, 0.15) is 26.3 Å². The number of aromatic hydroxyl groups is 1. The van der Waals surface area contributed by atoms with Crippen molar-refractivity contribution in [1.82, 2.24) is 5.32 Å². The molecule has 0 atom stereocenters. The van der Waals surface area contributed by atoms with Crippen LogP contribution in [-0.4, -0.2) is 30.0 Å². The maximum absolute atomic E-state index is 9.99. The summed E-state index contributed by atoms with van der Waals surface area (Å²) < 4.78 is 5.33. The number of para-hydroxylation sites is 1. The molecule has 0 aliphatic carbocycles. The van der Waals surface area contributed by atoms with Gasteiger partial charge in [0.25, 0.3) is 0 Å². The van der Waals surface area contributed by atoms with Crippen LogP contribution < -0.4 is 10.1 Å². The Kier molecular flexibility index (Phi) is 5.44. The number of hydrogen-bond acceptors (Lipinski definition) is 4. The normalized spacial score (nSPS) is 11.6. The van der Waals surface area contributed by atoms with E-state index < -0.39 is 0 Å². The molecule has 0 amide bonds. The van der Waals surface area contributed by atoms with E-state index in [1.807, 2.05) is 32.9 Å². The van der Waals surface area contributed by atoms with Gasteiger partial charge in [0.05, 0.1) is 6.61 Å². The van der Waals surface area contributed by atoms with Gasteiger partial charge in [-0.15, -0.1) is 0 Å². The fourth-order valence-corrected chi connectivity index (χ4v) is 1.57. The van der Waals surface area contributed by atoms with E-state index in [0.29, 0.717) is 25.4 Å². The first-order chi connectivity index (χ1) is 8.50. The summed E-state index contributed by atoms with van der Waals surface area (Å²) >= 11 is 0. The van der Waals surface area contributed by atoms with E-state index in [2.05, 4.69) is 5.32 Å². The number of phenolic OH excluding ortho intramolecular Hbond substituents is 1. The zero-order valence-corrected chi connectivity index (χ0v) is 11.4. The molecule has 1 aromatic carbocycles. The van der Waals surface area contributed by atoms with Gasteiger partial charge in [-0.05, 0) is 13.0 Å². The van der Waals surface area contributed by atoms with E-state index in [9.17, 15) is 5.11 Å². The summed E-state index contributed by atoms with van der Waals surface area (Å²) in [5, 5.41) is 22.4. The van der Waals surface area contributed by atoms with Crippen LogP contribution in [0.15, 0.2) is 18.2 Å². The second-order valence-electron chi connectivity index (χ2n) is 5.12. The molecule has 3 N–H and O–H groups in total. The van der Waals surface area contributed by atoms with Crippen LogP contribution >= 0.6 is 0 Å². The van der Waals surface area contributed by atoms with Crippen molar-refractivity contribution in [2.24, 2.45) is 5.41 Å². The quantitative estimate of drug-likeness (QED) is 0.694. The molecule has 0 aliphatic rings. The Hall–Kier alpha value is -1.26. The summed E-state index contributed by atoms with van der Waals surface area (Å²) in [6, 6.07) is 5.47. The maximum Gasteiger partial charge on any atom is 0.162 e. The highest BCUT2D eigenvalue weighted by Crippen LogP contribution is 2.29. The van der Waals surface area contributed by atoms with Crippen molar-refractivity contribution in [3.05, 3.63) is 23.8 Å². The zero-order chi connectivity index (χ0) is 13.6. The summed E-state index contributed by atoms with van der Waals surface area (Å²) in [7, 11) is 0. The predicted octanol–water partition coefficient (Wildman–Crippen LogP) is 1.90. The predicted molar refractivity (Wildman–Crippen MR) is 71.8 cm³/mol. The lowest BCUT2D eigenvalue weighted by Crippen LogP contribution is -2.31. The molecule has 0 heterocycles. The van der Waals surface area contributed by atoms with Crippen molar-refractivity contribution in [1.29, 1.82) is 0 Å². The average Bonchev–Trinajstić information content (AvgIpc) is 2.34. The monoisotopic (exact) mass is 253 g/mol. The van der Waals surface area contributed by atoms with Crippen LogP contribution in [0.3, 0.4) is 0 Å². The van der Waals surface area contributed by atoms with Crippen LogP contribution in [0.4, 0.5) is 0 Å². The molecule has 0 unspecified atom stereocenters. The van der Waals surface area contributed by atoms with Crippen molar-refractivity contribution in [3.8, 4) is 11.5 Å². The van der Waals surface area contributed by atoms with Gasteiger partial charge < -0.3 is 20.3 Å². The van der Waals surface area contributed by atoms with Gasteiger partial charge in [0.2, 0.25) is 0 Å². The largest absolute Gasteiger partial charge is 0.504 e. The second-order valence-corrected chi connectivity index (χ2v) is 5.12. The average molecular weight is 253 g/mol. The van der Waals surface area contributed by atoms with Crippen LogP contribution in [0.5, 0.6) is 11.5 Å². The Bertz CT molecular complexity index is 377. The molecule has 0 saturated heterocycles.